The number of nitrogens with zero attached hydrogens (tertiary/aromatic N) is 1. The van der Waals surface area contributed by atoms with Crippen molar-refractivity contribution in [1.29, 1.82) is 0 Å². The molecule has 0 heterocycles. The van der Waals surface area contributed by atoms with Crippen LogP contribution in [-0.4, -0.2) is 28.8 Å². The van der Waals surface area contributed by atoms with E-state index in [0.717, 1.165) is 12.0 Å². The maximum Gasteiger partial charge on any atom is 0.242 e. The maximum atomic E-state index is 13.2. The molecule has 0 radical (unpaired) electrons. The van der Waals surface area contributed by atoms with Crippen molar-refractivity contribution in [2.75, 3.05) is 0 Å². The normalized spacial score (nSPS) is 12.9. The molecule has 0 aliphatic heterocycles. The maximum absolute atomic E-state index is 13.2. The first-order valence-corrected chi connectivity index (χ1v) is 9.77. The first kappa shape index (κ1) is 21.9. The van der Waals surface area contributed by atoms with Gasteiger partial charge in [-0.25, -0.2) is 4.39 Å². The van der Waals surface area contributed by atoms with Crippen molar-refractivity contribution < 1.29 is 14.0 Å². The van der Waals surface area contributed by atoms with Crippen LogP contribution in [-0.2, 0) is 22.6 Å². The third-order valence-electron chi connectivity index (χ3n) is 4.73. The minimum Gasteiger partial charge on any atom is -0.352 e. The lowest BCUT2D eigenvalue weighted by molar-refractivity contribution is -0.140. The van der Waals surface area contributed by atoms with E-state index in [9.17, 15) is 14.0 Å². The SMILES string of the molecule is CC[C@@H](C)NC(=O)[C@@H](C)N(Cc1ccc(F)cc1)C(=O)Cc1ccccc1Cl. The van der Waals surface area contributed by atoms with Crippen LogP contribution in [0.3, 0.4) is 0 Å². The van der Waals surface area contributed by atoms with Gasteiger partial charge in [0.25, 0.3) is 0 Å². The third-order valence-corrected chi connectivity index (χ3v) is 5.10. The third kappa shape index (κ3) is 6.06. The monoisotopic (exact) mass is 404 g/mol. The van der Waals surface area contributed by atoms with Crippen LogP contribution in [0.4, 0.5) is 4.39 Å². The summed E-state index contributed by atoms with van der Waals surface area (Å²) in [5.74, 6) is -0.784. The molecular weight excluding hydrogens is 379 g/mol. The molecule has 0 unspecified atom stereocenters. The summed E-state index contributed by atoms with van der Waals surface area (Å²) in [7, 11) is 0. The molecule has 0 aromatic heterocycles. The fourth-order valence-electron chi connectivity index (χ4n) is 2.74. The summed E-state index contributed by atoms with van der Waals surface area (Å²) in [6, 6.07) is 12.4. The Morgan fingerprint density at radius 3 is 2.36 bits per heavy atom. The second-order valence-corrected chi connectivity index (χ2v) is 7.32. The summed E-state index contributed by atoms with van der Waals surface area (Å²) in [6.45, 7) is 5.80. The molecule has 0 aliphatic carbocycles. The van der Waals surface area contributed by atoms with Gasteiger partial charge in [-0.3, -0.25) is 9.59 Å². The van der Waals surface area contributed by atoms with E-state index in [2.05, 4.69) is 5.32 Å². The Kier molecular flexibility index (Phi) is 8.00. The molecule has 4 nitrogen and oxygen atoms in total. The molecule has 150 valence electrons. The van der Waals surface area contributed by atoms with Crippen LogP contribution in [0.2, 0.25) is 5.02 Å². The Labute approximate surface area is 170 Å². The van der Waals surface area contributed by atoms with Crippen LogP contribution in [0.5, 0.6) is 0 Å². The molecule has 6 heteroatoms. The van der Waals surface area contributed by atoms with Crippen molar-refractivity contribution in [2.45, 2.75) is 52.2 Å². The highest BCUT2D eigenvalue weighted by Crippen LogP contribution is 2.18. The summed E-state index contributed by atoms with van der Waals surface area (Å²) in [6.07, 6.45) is 0.881. The fourth-order valence-corrected chi connectivity index (χ4v) is 2.94. The zero-order valence-electron chi connectivity index (χ0n) is 16.4. The molecule has 2 aromatic carbocycles. The summed E-state index contributed by atoms with van der Waals surface area (Å²) in [5.41, 5.74) is 1.45. The smallest absolute Gasteiger partial charge is 0.242 e. The highest BCUT2D eigenvalue weighted by atomic mass is 35.5. The number of benzene rings is 2. The Morgan fingerprint density at radius 1 is 1.11 bits per heavy atom. The largest absolute Gasteiger partial charge is 0.352 e. The lowest BCUT2D eigenvalue weighted by Gasteiger charge is -2.30. The molecule has 2 aromatic rings. The Balaban J connectivity index is 2.23. The van der Waals surface area contributed by atoms with Crippen molar-refractivity contribution in [1.82, 2.24) is 10.2 Å². The van der Waals surface area contributed by atoms with E-state index in [0.29, 0.717) is 10.6 Å². The van der Waals surface area contributed by atoms with E-state index >= 15 is 0 Å². The van der Waals surface area contributed by atoms with Gasteiger partial charge in [0.1, 0.15) is 11.9 Å². The Morgan fingerprint density at radius 2 is 1.75 bits per heavy atom. The van der Waals surface area contributed by atoms with Crippen LogP contribution in [0.1, 0.15) is 38.3 Å². The van der Waals surface area contributed by atoms with E-state index in [1.54, 1.807) is 37.3 Å². The molecule has 0 spiro atoms. The first-order valence-electron chi connectivity index (χ1n) is 9.39. The van der Waals surface area contributed by atoms with Crippen molar-refractivity contribution in [2.24, 2.45) is 0 Å². The number of halogens is 2. The van der Waals surface area contributed by atoms with E-state index in [4.69, 9.17) is 11.6 Å². The quantitative estimate of drug-likeness (QED) is 0.710. The minimum atomic E-state index is -0.672. The van der Waals surface area contributed by atoms with Gasteiger partial charge in [0.05, 0.1) is 6.42 Å². The highest BCUT2D eigenvalue weighted by Gasteiger charge is 2.27. The van der Waals surface area contributed by atoms with Gasteiger partial charge in [0.2, 0.25) is 11.8 Å². The van der Waals surface area contributed by atoms with Crippen LogP contribution in [0.25, 0.3) is 0 Å². The van der Waals surface area contributed by atoms with Crippen LogP contribution < -0.4 is 5.32 Å². The van der Waals surface area contributed by atoms with Crippen molar-refractivity contribution in [3.8, 4) is 0 Å². The Hall–Kier alpha value is -2.40. The molecule has 28 heavy (non-hydrogen) atoms. The van der Waals surface area contributed by atoms with Gasteiger partial charge in [0, 0.05) is 17.6 Å². The predicted molar refractivity (Wildman–Crippen MR) is 109 cm³/mol. The molecule has 2 rings (SSSR count). The van der Waals surface area contributed by atoms with Gasteiger partial charge in [-0.1, -0.05) is 48.9 Å². The molecule has 0 bridgehead atoms. The van der Waals surface area contributed by atoms with Gasteiger partial charge >= 0.3 is 0 Å². The number of rotatable bonds is 8. The van der Waals surface area contributed by atoms with Crippen LogP contribution >= 0.6 is 11.6 Å². The Bertz CT molecular complexity index is 810. The average molecular weight is 405 g/mol. The number of amides is 2. The van der Waals surface area contributed by atoms with Gasteiger partial charge in [-0.2, -0.15) is 0 Å². The van der Waals surface area contributed by atoms with Gasteiger partial charge < -0.3 is 10.2 Å². The number of carbonyl (C=O) groups is 2. The standard InChI is InChI=1S/C22H26ClFN2O2/c1-4-15(2)25-22(28)16(3)26(14-17-9-11-19(24)12-10-17)21(27)13-18-7-5-6-8-20(18)23/h5-12,15-16H,4,13-14H2,1-3H3,(H,25,28)/t15-,16-/m1/s1. The molecule has 0 fully saturated rings. The molecule has 0 aliphatic rings. The summed E-state index contributed by atoms with van der Waals surface area (Å²) < 4.78 is 13.2. The van der Waals surface area contributed by atoms with Gasteiger partial charge in [-0.05, 0) is 49.6 Å². The van der Waals surface area contributed by atoms with Gasteiger partial charge in [-0.15, -0.1) is 0 Å². The topological polar surface area (TPSA) is 49.4 Å². The zero-order valence-corrected chi connectivity index (χ0v) is 17.2. The molecule has 0 saturated heterocycles. The lowest BCUT2D eigenvalue weighted by atomic mass is 10.1. The fraction of sp³-hybridized carbons (Fsp3) is 0.364. The first-order chi connectivity index (χ1) is 13.3. The second kappa shape index (κ2) is 10.2. The van der Waals surface area contributed by atoms with E-state index in [1.807, 2.05) is 19.9 Å². The number of hydrogen-bond acceptors (Lipinski definition) is 2. The number of nitrogens with one attached hydrogen (secondary N) is 1. The van der Waals surface area contributed by atoms with Crippen molar-refractivity contribution >= 4 is 23.4 Å². The lowest BCUT2D eigenvalue weighted by Crippen LogP contribution is -2.49. The van der Waals surface area contributed by atoms with Crippen LogP contribution in [0.15, 0.2) is 48.5 Å². The zero-order chi connectivity index (χ0) is 20.7. The minimum absolute atomic E-state index is 0.0151. The number of carbonyl (C=O) groups excluding carboxylic acids is 2. The summed E-state index contributed by atoms with van der Waals surface area (Å²) >= 11 is 6.19. The molecule has 1 N–H and O–H groups in total. The van der Waals surface area contributed by atoms with E-state index in [1.165, 1.54) is 17.0 Å². The molecule has 2 atom stereocenters. The molecular formula is C22H26ClFN2O2. The van der Waals surface area contributed by atoms with Crippen molar-refractivity contribution in [3.63, 3.8) is 0 Å². The highest BCUT2D eigenvalue weighted by molar-refractivity contribution is 6.31. The average Bonchev–Trinajstić information content (AvgIpc) is 2.68. The summed E-state index contributed by atoms with van der Waals surface area (Å²) in [4.78, 5) is 27.2. The van der Waals surface area contributed by atoms with E-state index in [-0.39, 0.29) is 36.6 Å². The summed E-state index contributed by atoms with van der Waals surface area (Å²) in [5, 5.41) is 3.42. The molecule has 2 amide bonds. The van der Waals surface area contributed by atoms with Crippen molar-refractivity contribution in [3.05, 3.63) is 70.5 Å². The predicted octanol–water partition coefficient (Wildman–Crippen LogP) is 4.35. The van der Waals surface area contributed by atoms with Gasteiger partial charge in [0.15, 0.2) is 0 Å². The second-order valence-electron chi connectivity index (χ2n) is 6.91. The molecule has 0 saturated carbocycles. The van der Waals surface area contributed by atoms with E-state index < -0.39 is 6.04 Å². The number of hydrogen-bond donors (Lipinski definition) is 1. The van der Waals surface area contributed by atoms with Crippen LogP contribution in [0, 0.1) is 5.82 Å².